The van der Waals surface area contributed by atoms with Gasteiger partial charge in [0.25, 0.3) is 0 Å². The van der Waals surface area contributed by atoms with Gasteiger partial charge in [-0.15, -0.1) is 0 Å². The highest BCUT2D eigenvalue weighted by Crippen LogP contribution is 2.18. The van der Waals surface area contributed by atoms with Crippen molar-refractivity contribution in [2.24, 2.45) is 0 Å². The molecular formula is C14H18N2O3. The van der Waals surface area contributed by atoms with Gasteiger partial charge in [-0.25, -0.2) is 0 Å². The van der Waals surface area contributed by atoms with Crippen LogP contribution in [0.25, 0.3) is 0 Å². The van der Waals surface area contributed by atoms with Gasteiger partial charge in [0.2, 0.25) is 5.91 Å². The van der Waals surface area contributed by atoms with Gasteiger partial charge in [-0.3, -0.25) is 9.59 Å². The summed E-state index contributed by atoms with van der Waals surface area (Å²) >= 11 is 0. The smallest absolute Gasteiger partial charge is 0.303 e. The van der Waals surface area contributed by atoms with E-state index in [1.807, 2.05) is 36.2 Å². The maximum atomic E-state index is 11.6. The van der Waals surface area contributed by atoms with Crippen molar-refractivity contribution in [1.29, 1.82) is 0 Å². The predicted octanol–water partition coefficient (Wildman–Crippen LogP) is 0.982. The Morgan fingerprint density at radius 1 is 1.26 bits per heavy atom. The van der Waals surface area contributed by atoms with Gasteiger partial charge in [0, 0.05) is 32.2 Å². The molecule has 1 aliphatic heterocycles. The first-order valence-electron chi connectivity index (χ1n) is 6.36. The average Bonchev–Trinajstić information content (AvgIpc) is 2.40. The van der Waals surface area contributed by atoms with Gasteiger partial charge in [-0.05, 0) is 24.1 Å². The summed E-state index contributed by atoms with van der Waals surface area (Å²) in [6.07, 6.45) is 0.684. The Balaban J connectivity index is 1.98. The summed E-state index contributed by atoms with van der Waals surface area (Å²) in [5, 5.41) is 8.64. The van der Waals surface area contributed by atoms with Crippen LogP contribution >= 0.6 is 0 Å². The Kier molecular flexibility index (Phi) is 4.04. The first-order valence-corrected chi connectivity index (χ1v) is 6.36. The van der Waals surface area contributed by atoms with Crippen LogP contribution in [0.3, 0.4) is 0 Å². The molecule has 2 rings (SSSR count). The lowest BCUT2D eigenvalue weighted by molar-refractivity contribution is -0.137. The van der Waals surface area contributed by atoms with Crippen LogP contribution in [0.5, 0.6) is 0 Å². The molecule has 1 aromatic carbocycles. The van der Waals surface area contributed by atoms with Crippen molar-refractivity contribution >= 4 is 17.6 Å². The number of rotatable bonds is 4. The molecule has 1 aromatic rings. The highest BCUT2D eigenvalue weighted by Gasteiger charge is 2.20. The summed E-state index contributed by atoms with van der Waals surface area (Å²) in [6, 6.07) is 7.77. The van der Waals surface area contributed by atoms with E-state index in [-0.39, 0.29) is 12.3 Å². The van der Waals surface area contributed by atoms with Crippen LogP contribution in [-0.4, -0.2) is 48.6 Å². The molecule has 1 aliphatic rings. The second kappa shape index (κ2) is 5.73. The summed E-state index contributed by atoms with van der Waals surface area (Å²) < 4.78 is 0. The van der Waals surface area contributed by atoms with Crippen molar-refractivity contribution in [1.82, 2.24) is 4.90 Å². The van der Waals surface area contributed by atoms with E-state index in [4.69, 9.17) is 5.11 Å². The molecule has 102 valence electrons. The zero-order valence-electron chi connectivity index (χ0n) is 11.0. The lowest BCUT2D eigenvalue weighted by Crippen LogP contribution is -2.48. The van der Waals surface area contributed by atoms with E-state index in [0.717, 1.165) is 24.3 Å². The van der Waals surface area contributed by atoms with E-state index >= 15 is 0 Å². The molecule has 0 bridgehead atoms. The molecular weight excluding hydrogens is 244 g/mol. The molecule has 0 aromatic heterocycles. The van der Waals surface area contributed by atoms with Crippen molar-refractivity contribution < 1.29 is 14.7 Å². The summed E-state index contributed by atoms with van der Waals surface area (Å²) in [4.78, 5) is 25.9. The van der Waals surface area contributed by atoms with Crippen LogP contribution in [-0.2, 0) is 16.0 Å². The number of aliphatic carboxylic acids is 1. The highest BCUT2D eigenvalue weighted by atomic mass is 16.4. The van der Waals surface area contributed by atoms with E-state index in [9.17, 15) is 9.59 Å². The molecule has 0 unspecified atom stereocenters. The molecule has 1 heterocycles. The number of carbonyl (C=O) groups is 2. The van der Waals surface area contributed by atoms with E-state index in [0.29, 0.717) is 13.0 Å². The van der Waals surface area contributed by atoms with Crippen molar-refractivity contribution in [2.75, 3.05) is 31.6 Å². The van der Waals surface area contributed by atoms with Crippen LogP contribution < -0.4 is 4.90 Å². The third-order valence-electron chi connectivity index (χ3n) is 3.39. The number of carboxylic acid groups (broad SMARTS) is 1. The molecule has 5 heteroatoms. The minimum Gasteiger partial charge on any atom is -0.481 e. The predicted molar refractivity (Wildman–Crippen MR) is 72.2 cm³/mol. The number of carbonyl (C=O) groups excluding carboxylic acids is 1. The normalized spacial score (nSPS) is 15.7. The summed E-state index contributed by atoms with van der Waals surface area (Å²) in [6.45, 7) is 1.97. The number of aryl methyl sites for hydroxylation is 1. The Hall–Kier alpha value is -2.04. The van der Waals surface area contributed by atoms with Gasteiger partial charge in [-0.2, -0.15) is 0 Å². The summed E-state index contributed by atoms with van der Waals surface area (Å²) in [7, 11) is 1.81. The van der Waals surface area contributed by atoms with Crippen LogP contribution in [0.2, 0.25) is 0 Å². The van der Waals surface area contributed by atoms with Crippen LogP contribution in [0.15, 0.2) is 24.3 Å². The van der Waals surface area contributed by atoms with Crippen molar-refractivity contribution in [2.45, 2.75) is 12.8 Å². The lowest BCUT2D eigenvalue weighted by atomic mass is 10.1. The van der Waals surface area contributed by atoms with Crippen molar-refractivity contribution in [3.8, 4) is 0 Å². The minimum absolute atomic E-state index is 0.126. The standard InChI is InChI=1S/C14H18N2O3/c1-15-8-9-16(10-13(15)17)12-5-2-11(3-6-12)4-7-14(18)19/h2-3,5-6H,4,7-10H2,1H3,(H,18,19). The number of nitrogens with zero attached hydrogens (tertiary/aromatic N) is 2. The lowest BCUT2D eigenvalue weighted by Gasteiger charge is -2.33. The Morgan fingerprint density at radius 2 is 1.95 bits per heavy atom. The first kappa shape index (κ1) is 13.4. The van der Waals surface area contributed by atoms with Crippen molar-refractivity contribution in [3.05, 3.63) is 29.8 Å². The van der Waals surface area contributed by atoms with Gasteiger partial charge in [-0.1, -0.05) is 12.1 Å². The van der Waals surface area contributed by atoms with Crippen LogP contribution in [0.4, 0.5) is 5.69 Å². The molecule has 0 atom stereocenters. The fraction of sp³-hybridized carbons (Fsp3) is 0.429. The maximum absolute atomic E-state index is 11.6. The fourth-order valence-electron chi connectivity index (χ4n) is 2.10. The molecule has 1 fully saturated rings. The monoisotopic (exact) mass is 262 g/mol. The zero-order chi connectivity index (χ0) is 13.8. The van der Waals surface area contributed by atoms with Crippen LogP contribution in [0.1, 0.15) is 12.0 Å². The van der Waals surface area contributed by atoms with Gasteiger partial charge in [0.1, 0.15) is 0 Å². The Labute approximate surface area is 112 Å². The second-order valence-electron chi connectivity index (χ2n) is 4.80. The molecule has 1 N–H and O–H groups in total. The van der Waals surface area contributed by atoms with Crippen molar-refractivity contribution in [3.63, 3.8) is 0 Å². The number of hydrogen-bond donors (Lipinski definition) is 1. The molecule has 1 saturated heterocycles. The summed E-state index contributed by atoms with van der Waals surface area (Å²) in [5.74, 6) is -0.657. The zero-order valence-corrected chi connectivity index (χ0v) is 11.0. The minimum atomic E-state index is -0.784. The Bertz CT molecular complexity index is 470. The third kappa shape index (κ3) is 3.47. The first-order chi connectivity index (χ1) is 9.06. The van der Waals surface area contributed by atoms with Gasteiger partial charge in [0.15, 0.2) is 0 Å². The molecule has 0 saturated carbocycles. The van der Waals surface area contributed by atoms with Gasteiger partial charge >= 0.3 is 5.97 Å². The Morgan fingerprint density at radius 3 is 2.53 bits per heavy atom. The van der Waals surface area contributed by atoms with Crippen LogP contribution in [0, 0.1) is 0 Å². The SMILES string of the molecule is CN1CCN(c2ccc(CCC(=O)O)cc2)CC1=O. The molecule has 0 aliphatic carbocycles. The quantitative estimate of drug-likeness (QED) is 0.878. The molecule has 1 amide bonds. The molecule has 5 nitrogen and oxygen atoms in total. The topological polar surface area (TPSA) is 60.9 Å². The van der Waals surface area contributed by atoms with Gasteiger partial charge in [0.05, 0.1) is 6.54 Å². The van der Waals surface area contributed by atoms with E-state index in [1.54, 1.807) is 4.90 Å². The van der Waals surface area contributed by atoms with E-state index in [1.165, 1.54) is 0 Å². The summed E-state index contributed by atoms with van der Waals surface area (Å²) in [5.41, 5.74) is 2.02. The van der Waals surface area contributed by atoms with Gasteiger partial charge < -0.3 is 14.9 Å². The average molecular weight is 262 g/mol. The fourth-order valence-corrected chi connectivity index (χ4v) is 2.10. The van der Waals surface area contributed by atoms with E-state index in [2.05, 4.69) is 0 Å². The largest absolute Gasteiger partial charge is 0.481 e. The number of hydrogen-bond acceptors (Lipinski definition) is 3. The molecule has 0 spiro atoms. The highest BCUT2D eigenvalue weighted by molar-refractivity contribution is 5.82. The molecule has 0 radical (unpaired) electrons. The van der Waals surface area contributed by atoms with E-state index < -0.39 is 5.97 Å². The number of carboxylic acids is 1. The number of likely N-dealkylation sites (N-methyl/N-ethyl adjacent to an activating group) is 1. The number of amides is 1. The number of benzene rings is 1. The third-order valence-corrected chi connectivity index (χ3v) is 3.39. The maximum Gasteiger partial charge on any atom is 0.303 e. The number of anilines is 1. The molecule has 19 heavy (non-hydrogen) atoms. The second-order valence-corrected chi connectivity index (χ2v) is 4.80. The number of piperazine rings is 1.